The summed E-state index contributed by atoms with van der Waals surface area (Å²) >= 11 is 3.51. The summed E-state index contributed by atoms with van der Waals surface area (Å²) in [5, 5.41) is 2.63. The molecule has 5 aromatic carbocycles. The van der Waals surface area contributed by atoms with Crippen LogP contribution < -0.4 is 0 Å². The van der Waals surface area contributed by atoms with Crippen molar-refractivity contribution in [1.29, 1.82) is 0 Å². The first kappa shape index (κ1) is 31.8. The zero-order chi connectivity index (χ0) is 26.0. The second-order valence-electron chi connectivity index (χ2n) is 8.87. The number of hydrogen-bond donors (Lipinski definition) is 0. The smallest absolute Gasteiger partial charge is 0.199 e. The molecule has 184 valence electrons. The number of hydrogen-bond acceptors (Lipinski definition) is 0. The molecular formula is C34H37BrZr. The van der Waals surface area contributed by atoms with Crippen LogP contribution in [0.15, 0.2) is 95.5 Å². The maximum Gasteiger partial charge on any atom is 4.00 e. The fraction of sp³-hybridized carbons (Fsp3) is 0.176. The number of rotatable bonds is 0. The van der Waals surface area contributed by atoms with Crippen LogP contribution in [-0.4, -0.2) is 0 Å². The normalized spacial score (nSPS) is 9.53. The van der Waals surface area contributed by atoms with E-state index in [1.54, 1.807) is 0 Å². The van der Waals surface area contributed by atoms with Crippen molar-refractivity contribution in [3.8, 4) is 0 Å². The summed E-state index contributed by atoms with van der Waals surface area (Å²) in [5.74, 6) is 0. The minimum atomic E-state index is 0. The van der Waals surface area contributed by atoms with Gasteiger partial charge in [-0.1, -0.05) is 75.7 Å². The van der Waals surface area contributed by atoms with Crippen LogP contribution in [0.25, 0.3) is 10.8 Å². The molecule has 0 bridgehead atoms. The molecule has 2 heteroatoms. The van der Waals surface area contributed by atoms with Crippen LogP contribution in [0, 0.1) is 55.4 Å². The Balaban J connectivity index is 0.000000243. The molecule has 0 atom stereocenters. The van der Waals surface area contributed by atoms with Gasteiger partial charge in [0.05, 0.1) is 0 Å². The van der Waals surface area contributed by atoms with Crippen molar-refractivity contribution in [3.05, 3.63) is 154 Å². The standard InChI is InChI=1S/C10H8Br.C10H15.2C7H7.Zr/c1-7-5-8-3-2-4-10(11)9(8)6-7;1-6-7(2)9(4)10(5)8(6)3;2*1-7-5-3-2-4-6-7;/h2-6H,1H3;1-5H3;2*2-6H,1H2;/q4*-1;+4. The third-order valence-electron chi connectivity index (χ3n) is 6.34. The summed E-state index contributed by atoms with van der Waals surface area (Å²) in [5.41, 5.74) is 10.8. The van der Waals surface area contributed by atoms with Gasteiger partial charge in [0.25, 0.3) is 0 Å². The Bertz CT molecular complexity index is 1190. The van der Waals surface area contributed by atoms with Gasteiger partial charge >= 0.3 is 26.2 Å². The Morgan fingerprint density at radius 1 is 0.667 bits per heavy atom. The van der Waals surface area contributed by atoms with Gasteiger partial charge < -0.3 is 0 Å². The third kappa shape index (κ3) is 9.64. The second kappa shape index (κ2) is 15.8. The van der Waals surface area contributed by atoms with Crippen LogP contribution in [0.5, 0.6) is 0 Å². The summed E-state index contributed by atoms with van der Waals surface area (Å²) < 4.78 is 1.18. The predicted molar refractivity (Wildman–Crippen MR) is 159 cm³/mol. The van der Waals surface area contributed by atoms with Crippen LogP contribution in [0.3, 0.4) is 0 Å². The van der Waals surface area contributed by atoms with Crippen LogP contribution in [0.1, 0.15) is 44.5 Å². The first-order valence-corrected chi connectivity index (χ1v) is 12.7. The topological polar surface area (TPSA) is 0 Å². The quantitative estimate of drug-likeness (QED) is 0.152. The fourth-order valence-electron chi connectivity index (χ4n) is 3.71. The van der Waals surface area contributed by atoms with E-state index in [0.29, 0.717) is 0 Å². The van der Waals surface area contributed by atoms with Crippen molar-refractivity contribution in [2.75, 3.05) is 0 Å². The zero-order valence-electron chi connectivity index (χ0n) is 22.5. The molecule has 5 rings (SSSR count). The molecule has 0 aromatic heterocycles. The summed E-state index contributed by atoms with van der Waals surface area (Å²) in [4.78, 5) is 0. The molecule has 0 heterocycles. The maximum atomic E-state index is 3.72. The molecule has 0 saturated carbocycles. The van der Waals surface area contributed by atoms with Crippen LogP contribution >= 0.6 is 15.9 Å². The summed E-state index contributed by atoms with van der Waals surface area (Å²) in [6.45, 7) is 20.6. The van der Waals surface area contributed by atoms with E-state index in [1.165, 1.54) is 48.6 Å². The molecule has 0 radical (unpaired) electrons. The van der Waals surface area contributed by atoms with Gasteiger partial charge in [-0.15, -0.1) is 58.8 Å². The molecule has 0 spiro atoms. The Morgan fingerprint density at radius 3 is 1.42 bits per heavy atom. The van der Waals surface area contributed by atoms with E-state index >= 15 is 0 Å². The van der Waals surface area contributed by atoms with Gasteiger partial charge in [0.15, 0.2) is 0 Å². The average molecular weight is 617 g/mol. The van der Waals surface area contributed by atoms with Gasteiger partial charge in [-0.2, -0.15) is 83.1 Å². The molecule has 0 aliphatic heterocycles. The molecule has 36 heavy (non-hydrogen) atoms. The van der Waals surface area contributed by atoms with Gasteiger partial charge in [0, 0.05) is 0 Å². The van der Waals surface area contributed by atoms with Gasteiger partial charge in [0.1, 0.15) is 0 Å². The van der Waals surface area contributed by atoms with E-state index in [9.17, 15) is 0 Å². The average Bonchev–Trinajstić information content (AvgIpc) is 3.32. The summed E-state index contributed by atoms with van der Waals surface area (Å²) in [7, 11) is 0. The Morgan fingerprint density at radius 2 is 1.11 bits per heavy atom. The Labute approximate surface area is 246 Å². The van der Waals surface area contributed by atoms with Crippen molar-refractivity contribution >= 4 is 26.7 Å². The van der Waals surface area contributed by atoms with Gasteiger partial charge in [-0.05, 0) is 4.47 Å². The minimum absolute atomic E-state index is 0. The van der Waals surface area contributed by atoms with E-state index in [0.717, 1.165) is 11.1 Å². The zero-order valence-corrected chi connectivity index (χ0v) is 26.5. The number of aryl methyl sites for hydroxylation is 1. The van der Waals surface area contributed by atoms with Crippen molar-refractivity contribution < 1.29 is 26.2 Å². The number of fused-ring (bicyclic) bond motifs is 1. The van der Waals surface area contributed by atoms with Crippen molar-refractivity contribution in [2.24, 2.45) is 0 Å². The van der Waals surface area contributed by atoms with Crippen LogP contribution in [-0.2, 0) is 26.2 Å². The molecule has 0 nitrogen and oxygen atoms in total. The minimum Gasteiger partial charge on any atom is -0.199 e. The van der Waals surface area contributed by atoms with Crippen molar-refractivity contribution in [3.63, 3.8) is 0 Å². The third-order valence-corrected chi connectivity index (χ3v) is 7.03. The van der Waals surface area contributed by atoms with Crippen LogP contribution in [0.4, 0.5) is 0 Å². The maximum absolute atomic E-state index is 3.72. The van der Waals surface area contributed by atoms with Crippen molar-refractivity contribution in [2.45, 2.75) is 41.5 Å². The van der Waals surface area contributed by atoms with Crippen LogP contribution in [0.2, 0.25) is 0 Å². The molecule has 0 aliphatic carbocycles. The molecule has 0 aliphatic rings. The Kier molecular flexibility index (Phi) is 13.9. The largest absolute Gasteiger partial charge is 4.00 e. The summed E-state index contributed by atoms with van der Waals surface area (Å²) in [6.07, 6.45) is 0. The molecule has 0 N–H and O–H groups in total. The first-order valence-electron chi connectivity index (χ1n) is 11.9. The molecule has 0 amide bonds. The molecular weight excluding hydrogens is 580 g/mol. The molecule has 5 aromatic rings. The van der Waals surface area contributed by atoms with Gasteiger partial charge in [-0.3, -0.25) is 0 Å². The monoisotopic (exact) mass is 614 g/mol. The molecule has 0 fully saturated rings. The SMILES string of the molecule is Cc1c(C)c(C)[c-](C)c1C.Cc1cc2c(Br)cccc2[cH-]1.[CH2-]c1ccccc1.[CH2-]c1ccccc1.[Zr+4]. The number of halogens is 1. The van der Waals surface area contributed by atoms with Gasteiger partial charge in [0.2, 0.25) is 0 Å². The Hall–Kier alpha value is -2.28. The van der Waals surface area contributed by atoms with E-state index < -0.39 is 0 Å². The fourth-order valence-corrected chi connectivity index (χ4v) is 4.20. The van der Waals surface area contributed by atoms with E-state index in [1.807, 2.05) is 60.7 Å². The predicted octanol–water partition coefficient (Wildman–Crippen LogP) is 10.3. The van der Waals surface area contributed by atoms with E-state index in [4.69, 9.17) is 0 Å². The van der Waals surface area contributed by atoms with Gasteiger partial charge in [-0.25, -0.2) is 0 Å². The van der Waals surface area contributed by atoms with Crippen molar-refractivity contribution in [1.82, 2.24) is 0 Å². The first-order chi connectivity index (χ1) is 16.6. The second-order valence-corrected chi connectivity index (χ2v) is 9.73. The van der Waals surface area contributed by atoms with E-state index in [2.05, 4.69) is 102 Å². The summed E-state index contributed by atoms with van der Waals surface area (Å²) in [6, 6.07) is 30.4. The molecule has 0 unspecified atom stereocenters. The number of benzene rings is 3. The molecule has 0 saturated heterocycles. The van der Waals surface area contributed by atoms with E-state index in [-0.39, 0.29) is 26.2 Å².